The van der Waals surface area contributed by atoms with Crippen LogP contribution in [-0.2, 0) is 4.79 Å². The number of amides is 1. The van der Waals surface area contributed by atoms with Crippen molar-refractivity contribution < 1.29 is 9.90 Å². The van der Waals surface area contributed by atoms with Gasteiger partial charge >= 0.3 is 0 Å². The summed E-state index contributed by atoms with van der Waals surface area (Å²) in [5.74, 6) is -0.0946. The Balaban J connectivity index is 1.84. The molecule has 1 amide bonds. The highest BCUT2D eigenvalue weighted by Gasteiger charge is 2.29. The van der Waals surface area contributed by atoms with Crippen LogP contribution in [0, 0.1) is 0 Å². The molecule has 2 atom stereocenters. The Morgan fingerprint density at radius 2 is 2.28 bits per heavy atom. The van der Waals surface area contributed by atoms with Crippen molar-refractivity contribution in [2.45, 2.75) is 12.1 Å². The molecule has 1 fully saturated rings. The van der Waals surface area contributed by atoms with E-state index in [1.165, 1.54) is 0 Å². The van der Waals surface area contributed by atoms with Gasteiger partial charge < -0.3 is 15.7 Å². The minimum absolute atomic E-state index is 0.00631. The van der Waals surface area contributed by atoms with Gasteiger partial charge in [0.05, 0.1) is 12.6 Å². The van der Waals surface area contributed by atoms with Crippen molar-refractivity contribution in [1.29, 1.82) is 0 Å². The molecule has 0 aliphatic carbocycles. The second kappa shape index (κ2) is 5.90. The van der Waals surface area contributed by atoms with Crippen LogP contribution in [0.4, 0.5) is 5.69 Å². The van der Waals surface area contributed by atoms with Gasteiger partial charge in [0, 0.05) is 37.2 Å². The number of hydrogen-bond donors (Lipinski definition) is 3. The molecule has 98 valence electrons. The normalized spacial score (nSPS) is 23.3. The van der Waals surface area contributed by atoms with Gasteiger partial charge in [0.15, 0.2) is 0 Å². The molecule has 1 saturated heterocycles. The molecule has 0 radical (unpaired) electrons. The molecule has 0 unspecified atom stereocenters. The Labute approximate surface area is 106 Å². The van der Waals surface area contributed by atoms with Crippen molar-refractivity contribution in [3.05, 3.63) is 24.5 Å². The van der Waals surface area contributed by atoms with Gasteiger partial charge in [-0.15, -0.1) is 0 Å². The maximum absolute atomic E-state index is 11.8. The number of hydrogen-bond acceptors (Lipinski definition) is 5. The van der Waals surface area contributed by atoms with Crippen LogP contribution in [0.25, 0.3) is 0 Å². The SMILES string of the molecule is CN(CC(=O)Nc1ccncc1)[C@H]1CNC[C@@H]1O. The smallest absolute Gasteiger partial charge is 0.238 e. The zero-order chi connectivity index (χ0) is 13.0. The van der Waals surface area contributed by atoms with E-state index in [2.05, 4.69) is 15.6 Å². The third-order valence-electron chi connectivity index (χ3n) is 3.07. The highest BCUT2D eigenvalue weighted by molar-refractivity contribution is 5.92. The summed E-state index contributed by atoms with van der Waals surface area (Å²) in [5, 5.41) is 15.6. The quantitative estimate of drug-likeness (QED) is 0.658. The number of aromatic nitrogens is 1. The number of carbonyl (C=O) groups is 1. The number of nitrogens with one attached hydrogen (secondary N) is 2. The van der Waals surface area contributed by atoms with E-state index in [1.807, 2.05) is 11.9 Å². The molecule has 2 rings (SSSR count). The maximum Gasteiger partial charge on any atom is 0.238 e. The molecule has 6 nitrogen and oxygen atoms in total. The predicted molar refractivity (Wildman–Crippen MR) is 68.2 cm³/mol. The van der Waals surface area contributed by atoms with Crippen LogP contribution in [0.15, 0.2) is 24.5 Å². The summed E-state index contributed by atoms with van der Waals surface area (Å²) >= 11 is 0. The largest absolute Gasteiger partial charge is 0.390 e. The molecule has 1 aromatic rings. The highest BCUT2D eigenvalue weighted by Crippen LogP contribution is 2.08. The number of β-amino-alcohol motifs (C(OH)–C–C–N with tert-alkyl or cyclic N) is 1. The summed E-state index contributed by atoms with van der Waals surface area (Å²) in [7, 11) is 1.84. The molecule has 0 saturated carbocycles. The van der Waals surface area contributed by atoms with E-state index < -0.39 is 6.10 Å². The van der Waals surface area contributed by atoms with Crippen LogP contribution in [0.5, 0.6) is 0 Å². The van der Waals surface area contributed by atoms with Gasteiger partial charge in [-0.05, 0) is 19.2 Å². The molecule has 1 aliphatic heterocycles. The van der Waals surface area contributed by atoms with E-state index in [4.69, 9.17) is 0 Å². The molecular weight excluding hydrogens is 232 g/mol. The minimum Gasteiger partial charge on any atom is -0.390 e. The van der Waals surface area contributed by atoms with Crippen LogP contribution in [-0.4, -0.2) is 59.7 Å². The second-order valence-electron chi connectivity index (χ2n) is 4.49. The van der Waals surface area contributed by atoms with Crippen LogP contribution in [0.1, 0.15) is 0 Å². The average molecular weight is 250 g/mol. The summed E-state index contributed by atoms with van der Waals surface area (Å²) in [4.78, 5) is 17.6. The number of likely N-dealkylation sites (N-methyl/N-ethyl adjacent to an activating group) is 1. The number of nitrogens with zero attached hydrogens (tertiary/aromatic N) is 2. The van der Waals surface area contributed by atoms with E-state index in [1.54, 1.807) is 24.5 Å². The van der Waals surface area contributed by atoms with Crippen molar-refractivity contribution in [3.8, 4) is 0 Å². The van der Waals surface area contributed by atoms with E-state index in [9.17, 15) is 9.90 Å². The number of pyridine rings is 1. The van der Waals surface area contributed by atoms with Crippen molar-refractivity contribution in [2.24, 2.45) is 0 Å². The third kappa shape index (κ3) is 3.25. The number of rotatable bonds is 4. The number of carbonyl (C=O) groups excluding carboxylic acids is 1. The van der Waals surface area contributed by atoms with Gasteiger partial charge in [-0.1, -0.05) is 0 Å². The Bertz CT molecular complexity index is 398. The minimum atomic E-state index is -0.413. The topological polar surface area (TPSA) is 77.5 Å². The lowest BCUT2D eigenvalue weighted by Crippen LogP contribution is -2.44. The Kier molecular flexibility index (Phi) is 4.24. The fourth-order valence-electron chi connectivity index (χ4n) is 2.08. The molecule has 6 heteroatoms. The third-order valence-corrected chi connectivity index (χ3v) is 3.07. The summed E-state index contributed by atoms with van der Waals surface area (Å²) < 4.78 is 0. The van der Waals surface area contributed by atoms with Crippen molar-refractivity contribution in [1.82, 2.24) is 15.2 Å². The summed E-state index contributed by atoms with van der Waals surface area (Å²) in [6.07, 6.45) is 2.84. The van der Waals surface area contributed by atoms with Crippen molar-refractivity contribution in [2.75, 3.05) is 32.0 Å². The molecule has 0 spiro atoms. The zero-order valence-corrected chi connectivity index (χ0v) is 10.3. The van der Waals surface area contributed by atoms with E-state index in [0.29, 0.717) is 13.1 Å². The Morgan fingerprint density at radius 1 is 1.56 bits per heavy atom. The molecule has 1 aromatic heterocycles. The first-order valence-electron chi connectivity index (χ1n) is 5.95. The molecule has 1 aliphatic rings. The van der Waals surface area contributed by atoms with Crippen LogP contribution in [0.3, 0.4) is 0 Å². The summed E-state index contributed by atoms with van der Waals surface area (Å²) in [6.45, 7) is 1.55. The van der Waals surface area contributed by atoms with Gasteiger partial charge in [0.1, 0.15) is 0 Å². The second-order valence-corrected chi connectivity index (χ2v) is 4.49. The molecule has 18 heavy (non-hydrogen) atoms. The fourth-order valence-corrected chi connectivity index (χ4v) is 2.08. The van der Waals surface area contributed by atoms with Gasteiger partial charge in [-0.25, -0.2) is 0 Å². The van der Waals surface area contributed by atoms with Gasteiger partial charge in [0.25, 0.3) is 0 Å². The molecule has 0 bridgehead atoms. The van der Waals surface area contributed by atoms with Gasteiger partial charge in [-0.3, -0.25) is 14.7 Å². The van der Waals surface area contributed by atoms with Crippen LogP contribution < -0.4 is 10.6 Å². The molecule has 3 N–H and O–H groups in total. The van der Waals surface area contributed by atoms with Gasteiger partial charge in [-0.2, -0.15) is 0 Å². The van der Waals surface area contributed by atoms with Crippen LogP contribution in [0.2, 0.25) is 0 Å². The lowest BCUT2D eigenvalue weighted by Gasteiger charge is -2.25. The number of aliphatic hydroxyl groups excluding tert-OH is 1. The first-order chi connectivity index (χ1) is 8.66. The lowest BCUT2D eigenvalue weighted by atomic mass is 10.2. The predicted octanol–water partition coefficient (Wildman–Crippen LogP) is -0.715. The number of anilines is 1. The van der Waals surface area contributed by atoms with Crippen molar-refractivity contribution in [3.63, 3.8) is 0 Å². The number of aliphatic hydroxyl groups is 1. The first-order valence-corrected chi connectivity index (χ1v) is 5.95. The zero-order valence-electron chi connectivity index (χ0n) is 10.3. The van der Waals surface area contributed by atoms with Crippen LogP contribution >= 0.6 is 0 Å². The molecular formula is C12H18N4O2. The molecule has 2 heterocycles. The van der Waals surface area contributed by atoms with Crippen molar-refractivity contribution >= 4 is 11.6 Å². The van der Waals surface area contributed by atoms with E-state index in [-0.39, 0.29) is 18.5 Å². The fraction of sp³-hybridized carbons (Fsp3) is 0.500. The lowest BCUT2D eigenvalue weighted by molar-refractivity contribution is -0.117. The standard InChI is InChI=1S/C12H18N4O2/c1-16(10-6-14-7-11(10)17)8-12(18)15-9-2-4-13-5-3-9/h2-5,10-11,14,17H,6-8H2,1H3,(H,13,15,18)/t10-,11-/m0/s1. The van der Waals surface area contributed by atoms with Gasteiger partial charge in [0.2, 0.25) is 5.91 Å². The first kappa shape index (κ1) is 12.9. The highest BCUT2D eigenvalue weighted by atomic mass is 16.3. The van der Waals surface area contributed by atoms with E-state index in [0.717, 1.165) is 5.69 Å². The molecule has 0 aromatic carbocycles. The monoisotopic (exact) mass is 250 g/mol. The maximum atomic E-state index is 11.8. The Morgan fingerprint density at radius 3 is 2.89 bits per heavy atom. The summed E-state index contributed by atoms with van der Waals surface area (Å²) in [6, 6.07) is 3.47. The Hall–Kier alpha value is -1.50. The van der Waals surface area contributed by atoms with E-state index >= 15 is 0 Å². The summed E-state index contributed by atoms with van der Waals surface area (Å²) in [5.41, 5.74) is 0.730. The average Bonchev–Trinajstić information content (AvgIpc) is 2.76.